The van der Waals surface area contributed by atoms with Crippen molar-refractivity contribution < 1.29 is 4.74 Å². The molecule has 0 saturated heterocycles. The Balaban J connectivity index is 1.86. The summed E-state index contributed by atoms with van der Waals surface area (Å²) in [4.78, 5) is 1.91. The maximum Gasteiger partial charge on any atom is 0.173 e. The smallest absolute Gasteiger partial charge is 0.173 e. The number of rotatable bonds is 5. The van der Waals surface area contributed by atoms with Crippen LogP contribution in [-0.2, 0) is 0 Å². The van der Waals surface area contributed by atoms with Crippen LogP contribution < -0.4 is 10.1 Å². The molecule has 0 saturated carbocycles. The molecule has 0 radical (unpaired) electrons. The van der Waals surface area contributed by atoms with Gasteiger partial charge in [-0.05, 0) is 49.0 Å². The van der Waals surface area contributed by atoms with Crippen molar-refractivity contribution in [3.05, 3.63) is 58.1 Å². The lowest BCUT2D eigenvalue weighted by molar-refractivity contribution is 0.285. The first-order valence-electron chi connectivity index (χ1n) is 7.13. The number of ether oxygens (including phenoxy) is 1. The van der Waals surface area contributed by atoms with Gasteiger partial charge in [0, 0.05) is 17.8 Å². The summed E-state index contributed by atoms with van der Waals surface area (Å²) in [5, 5.41) is 5.12. The van der Waals surface area contributed by atoms with Gasteiger partial charge < -0.3 is 15.0 Å². The van der Waals surface area contributed by atoms with Gasteiger partial charge in [-0.1, -0.05) is 41.4 Å². The molecule has 0 amide bonds. The van der Waals surface area contributed by atoms with Crippen molar-refractivity contribution in [2.75, 3.05) is 25.5 Å². The van der Waals surface area contributed by atoms with Crippen LogP contribution in [0.5, 0.6) is 5.75 Å². The maximum atomic E-state index is 6.11. The predicted molar refractivity (Wildman–Crippen MR) is 102 cm³/mol. The molecule has 0 fully saturated rings. The molecular formula is C17H18Cl2N2OS. The number of nitrogens with zero attached hydrogens (tertiary/aromatic N) is 1. The second kappa shape index (κ2) is 8.39. The summed E-state index contributed by atoms with van der Waals surface area (Å²) >= 11 is 17.6. The second-order valence-corrected chi connectivity index (χ2v) is 6.24. The van der Waals surface area contributed by atoms with E-state index >= 15 is 0 Å². The lowest BCUT2D eigenvalue weighted by atomic mass is 10.2. The largest absolute Gasteiger partial charge is 0.490 e. The molecule has 6 heteroatoms. The van der Waals surface area contributed by atoms with Crippen LogP contribution in [0.3, 0.4) is 0 Å². The molecule has 2 aromatic carbocycles. The lowest BCUT2D eigenvalue weighted by Gasteiger charge is -2.22. The van der Waals surface area contributed by atoms with Gasteiger partial charge in [-0.25, -0.2) is 0 Å². The lowest BCUT2D eigenvalue weighted by Crippen LogP contribution is -2.34. The Kier molecular flexibility index (Phi) is 6.51. The first-order chi connectivity index (χ1) is 11.0. The summed E-state index contributed by atoms with van der Waals surface area (Å²) in [5.74, 6) is 0.673. The zero-order chi connectivity index (χ0) is 16.8. The monoisotopic (exact) mass is 368 g/mol. The molecular weight excluding hydrogens is 351 g/mol. The standard InChI is InChI=1S/C17H18Cl2N2OS/c1-12-13(18)7-5-8-15(12)20-17(23)21(2)10-11-22-16-9-4-3-6-14(16)19/h3-9H,10-11H2,1-2H3,(H,20,23). The summed E-state index contributed by atoms with van der Waals surface area (Å²) in [6.07, 6.45) is 0. The Morgan fingerprint density at radius 2 is 1.83 bits per heavy atom. The number of halogens is 2. The molecule has 23 heavy (non-hydrogen) atoms. The summed E-state index contributed by atoms with van der Waals surface area (Å²) in [6, 6.07) is 13.1. The van der Waals surface area contributed by atoms with Gasteiger partial charge in [-0.2, -0.15) is 0 Å². The third-order valence-corrected chi connectivity index (χ3v) is 4.51. The Bertz CT molecular complexity index is 694. The number of para-hydroxylation sites is 1. The second-order valence-electron chi connectivity index (χ2n) is 5.04. The Morgan fingerprint density at radius 3 is 2.57 bits per heavy atom. The van der Waals surface area contributed by atoms with Gasteiger partial charge in [-0.15, -0.1) is 0 Å². The van der Waals surface area contributed by atoms with Gasteiger partial charge in [0.2, 0.25) is 0 Å². The van der Waals surface area contributed by atoms with E-state index in [1.54, 1.807) is 6.07 Å². The van der Waals surface area contributed by atoms with E-state index in [-0.39, 0.29) is 0 Å². The van der Waals surface area contributed by atoms with Crippen LogP contribution in [0, 0.1) is 6.92 Å². The average Bonchev–Trinajstić information content (AvgIpc) is 2.53. The van der Waals surface area contributed by atoms with Gasteiger partial charge in [0.25, 0.3) is 0 Å². The van der Waals surface area contributed by atoms with Crippen LogP contribution in [0.4, 0.5) is 5.69 Å². The molecule has 0 aromatic heterocycles. The minimum Gasteiger partial charge on any atom is -0.490 e. The Labute approximate surface area is 152 Å². The zero-order valence-electron chi connectivity index (χ0n) is 13.0. The normalized spacial score (nSPS) is 10.3. The van der Waals surface area contributed by atoms with E-state index in [1.807, 2.05) is 55.3 Å². The average molecular weight is 369 g/mol. The fraction of sp³-hybridized carbons (Fsp3) is 0.235. The number of hydrogen-bond donors (Lipinski definition) is 1. The third-order valence-electron chi connectivity index (χ3n) is 3.38. The summed E-state index contributed by atoms with van der Waals surface area (Å²) in [5.41, 5.74) is 1.87. The highest BCUT2D eigenvalue weighted by atomic mass is 35.5. The van der Waals surface area contributed by atoms with Gasteiger partial charge in [0.05, 0.1) is 11.6 Å². The Hall–Kier alpha value is -1.49. The van der Waals surface area contributed by atoms with E-state index in [9.17, 15) is 0 Å². The summed E-state index contributed by atoms with van der Waals surface area (Å²) in [6.45, 7) is 3.07. The fourth-order valence-corrected chi connectivity index (χ4v) is 2.48. The van der Waals surface area contributed by atoms with Crippen molar-refractivity contribution in [3.8, 4) is 5.75 Å². The van der Waals surface area contributed by atoms with Crippen molar-refractivity contribution in [2.24, 2.45) is 0 Å². The number of nitrogens with one attached hydrogen (secondary N) is 1. The quantitative estimate of drug-likeness (QED) is 0.749. The highest BCUT2D eigenvalue weighted by Crippen LogP contribution is 2.24. The number of hydrogen-bond acceptors (Lipinski definition) is 2. The first kappa shape index (κ1) is 17.9. The maximum absolute atomic E-state index is 6.11. The molecule has 3 nitrogen and oxygen atoms in total. The van der Waals surface area contributed by atoms with E-state index in [2.05, 4.69) is 5.32 Å². The molecule has 0 atom stereocenters. The number of benzene rings is 2. The summed E-state index contributed by atoms with van der Waals surface area (Å²) < 4.78 is 5.67. The van der Waals surface area contributed by atoms with E-state index in [0.29, 0.717) is 34.1 Å². The Morgan fingerprint density at radius 1 is 1.13 bits per heavy atom. The summed E-state index contributed by atoms with van der Waals surface area (Å²) in [7, 11) is 1.91. The van der Waals surface area contributed by atoms with Crippen molar-refractivity contribution in [2.45, 2.75) is 6.92 Å². The molecule has 0 heterocycles. The molecule has 0 aliphatic carbocycles. The number of likely N-dealkylation sites (N-methyl/N-ethyl adjacent to an activating group) is 1. The van der Waals surface area contributed by atoms with Crippen LogP contribution in [-0.4, -0.2) is 30.2 Å². The molecule has 1 N–H and O–H groups in total. The SMILES string of the molecule is Cc1c(Cl)cccc1NC(=S)N(C)CCOc1ccccc1Cl. The molecule has 0 unspecified atom stereocenters. The highest BCUT2D eigenvalue weighted by molar-refractivity contribution is 7.80. The molecule has 0 aliphatic rings. The molecule has 0 aliphatic heterocycles. The van der Waals surface area contributed by atoms with Crippen LogP contribution in [0.25, 0.3) is 0 Å². The van der Waals surface area contributed by atoms with E-state index in [0.717, 1.165) is 11.3 Å². The minimum atomic E-state index is 0.483. The minimum absolute atomic E-state index is 0.483. The molecule has 122 valence electrons. The van der Waals surface area contributed by atoms with E-state index < -0.39 is 0 Å². The highest BCUT2D eigenvalue weighted by Gasteiger charge is 2.08. The number of anilines is 1. The fourth-order valence-electron chi connectivity index (χ4n) is 1.91. The van der Waals surface area contributed by atoms with Crippen molar-refractivity contribution in [1.82, 2.24) is 4.90 Å². The van der Waals surface area contributed by atoms with Gasteiger partial charge in [0.1, 0.15) is 12.4 Å². The van der Waals surface area contributed by atoms with Crippen molar-refractivity contribution in [3.63, 3.8) is 0 Å². The van der Waals surface area contributed by atoms with Crippen LogP contribution in [0.1, 0.15) is 5.56 Å². The first-order valence-corrected chi connectivity index (χ1v) is 8.30. The van der Waals surface area contributed by atoms with Gasteiger partial charge in [-0.3, -0.25) is 0 Å². The van der Waals surface area contributed by atoms with Crippen molar-refractivity contribution >= 4 is 46.2 Å². The van der Waals surface area contributed by atoms with Crippen LogP contribution in [0.15, 0.2) is 42.5 Å². The zero-order valence-corrected chi connectivity index (χ0v) is 15.3. The van der Waals surface area contributed by atoms with Crippen molar-refractivity contribution in [1.29, 1.82) is 0 Å². The molecule has 0 bridgehead atoms. The van der Waals surface area contributed by atoms with Crippen LogP contribution >= 0.6 is 35.4 Å². The predicted octanol–water partition coefficient (Wildman–Crippen LogP) is 5.01. The van der Waals surface area contributed by atoms with E-state index in [1.165, 1.54) is 0 Å². The third kappa shape index (κ3) is 4.99. The van der Waals surface area contributed by atoms with E-state index in [4.69, 9.17) is 40.2 Å². The van der Waals surface area contributed by atoms with Gasteiger partial charge >= 0.3 is 0 Å². The topological polar surface area (TPSA) is 24.5 Å². The van der Waals surface area contributed by atoms with Gasteiger partial charge in [0.15, 0.2) is 5.11 Å². The molecule has 2 rings (SSSR count). The molecule has 0 spiro atoms. The number of thiocarbonyl (C=S) groups is 1. The molecule has 2 aromatic rings. The van der Waals surface area contributed by atoms with Crippen LogP contribution in [0.2, 0.25) is 10.0 Å².